The average Bonchev–Trinajstić information content (AvgIpc) is 2.72. The van der Waals surface area contributed by atoms with E-state index >= 15 is 0 Å². The van der Waals surface area contributed by atoms with Crippen LogP contribution in [0.1, 0.15) is 18.1 Å². The molecule has 0 radical (unpaired) electrons. The van der Waals surface area contributed by atoms with Crippen molar-refractivity contribution in [1.29, 1.82) is 0 Å². The SMILES string of the molecule is CC(=O)N1Cc2cc(Cl)ccc2N(C(=O)N2CCN(c3ccccc3C)CC2)C1. The van der Waals surface area contributed by atoms with Crippen molar-refractivity contribution in [2.75, 3.05) is 42.6 Å². The fraction of sp³-hybridized carbons (Fsp3) is 0.364. The quantitative estimate of drug-likeness (QED) is 0.717. The maximum Gasteiger partial charge on any atom is 0.326 e. The number of amides is 3. The van der Waals surface area contributed by atoms with Gasteiger partial charge < -0.3 is 14.7 Å². The third-order valence-corrected chi connectivity index (χ3v) is 5.92. The van der Waals surface area contributed by atoms with E-state index in [0.717, 1.165) is 24.3 Å². The van der Waals surface area contributed by atoms with Crippen molar-refractivity contribution >= 4 is 34.9 Å². The van der Waals surface area contributed by atoms with Crippen LogP contribution in [-0.2, 0) is 11.3 Å². The van der Waals surface area contributed by atoms with E-state index in [1.807, 2.05) is 29.2 Å². The summed E-state index contributed by atoms with van der Waals surface area (Å²) in [6.07, 6.45) is 0. The van der Waals surface area contributed by atoms with E-state index in [-0.39, 0.29) is 18.6 Å². The van der Waals surface area contributed by atoms with Crippen LogP contribution in [0.25, 0.3) is 0 Å². The Kier molecular flexibility index (Phi) is 5.37. The molecule has 0 bridgehead atoms. The maximum absolute atomic E-state index is 13.3. The number of aryl methyl sites for hydroxylation is 1. The summed E-state index contributed by atoms with van der Waals surface area (Å²) >= 11 is 6.14. The van der Waals surface area contributed by atoms with Crippen molar-refractivity contribution < 1.29 is 9.59 Å². The first-order valence-electron chi connectivity index (χ1n) is 9.85. The lowest BCUT2D eigenvalue weighted by molar-refractivity contribution is -0.129. The van der Waals surface area contributed by atoms with Crippen LogP contribution >= 0.6 is 11.6 Å². The number of halogens is 1. The number of piperazine rings is 1. The first-order chi connectivity index (χ1) is 13.9. The van der Waals surface area contributed by atoms with E-state index < -0.39 is 0 Å². The van der Waals surface area contributed by atoms with Crippen LogP contribution < -0.4 is 9.80 Å². The number of hydrogen-bond acceptors (Lipinski definition) is 3. The zero-order valence-electron chi connectivity index (χ0n) is 16.8. The first kappa shape index (κ1) is 19.6. The summed E-state index contributed by atoms with van der Waals surface area (Å²) in [5, 5.41) is 0.605. The number of para-hydroxylation sites is 1. The lowest BCUT2D eigenvalue weighted by Crippen LogP contribution is -2.56. The smallest absolute Gasteiger partial charge is 0.326 e. The molecule has 7 heteroatoms. The third kappa shape index (κ3) is 3.90. The number of hydrogen-bond donors (Lipinski definition) is 0. The second-order valence-electron chi connectivity index (χ2n) is 7.60. The highest BCUT2D eigenvalue weighted by Crippen LogP contribution is 2.31. The molecule has 29 heavy (non-hydrogen) atoms. The Bertz CT molecular complexity index is 940. The van der Waals surface area contributed by atoms with Gasteiger partial charge in [-0.05, 0) is 42.3 Å². The van der Waals surface area contributed by atoms with Crippen LogP contribution in [0.2, 0.25) is 5.02 Å². The van der Waals surface area contributed by atoms with Gasteiger partial charge in [0.1, 0.15) is 6.67 Å². The maximum atomic E-state index is 13.3. The van der Waals surface area contributed by atoms with E-state index in [4.69, 9.17) is 11.6 Å². The molecule has 4 rings (SSSR count). The van der Waals surface area contributed by atoms with Crippen LogP contribution in [0.5, 0.6) is 0 Å². The highest BCUT2D eigenvalue weighted by atomic mass is 35.5. The predicted molar refractivity (Wildman–Crippen MR) is 115 cm³/mol. The standard InChI is InChI=1S/C22H25ClN4O2/c1-16-5-3-4-6-20(16)24-9-11-25(12-10-24)22(29)27-15-26(17(2)28)14-18-13-19(23)7-8-21(18)27/h3-8,13H,9-12,14-15H2,1-2H3. The van der Waals surface area contributed by atoms with Crippen molar-refractivity contribution in [3.63, 3.8) is 0 Å². The topological polar surface area (TPSA) is 47.1 Å². The summed E-state index contributed by atoms with van der Waals surface area (Å²) in [4.78, 5) is 32.9. The summed E-state index contributed by atoms with van der Waals surface area (Å²) < 4.78 is 0. The largest absolute Gasteiger partial charge is 0.368 e. The lowest BCUT2D eigenvalue weighted by atomic mass is 10.1. The van der Waals surface area contributed by atoms with E-state index in [1.54, 1.807) is 15.9 Å². The van der Waals surface area contributed by atoms with Gasteiger partial charge in [0.05, 0.1) is 5.69 Å². The van der Waals surface area contributed by atoms with Crippen molar-refractivity contribution in [3.05, 3.63) is 58.6 Å². The number of carbonyl (C=O) groups excluding carboxylic acids is 2. The van der Waals surface area contributed by atoms with Crippen LogP contribution in [0, 0.1) is 6.92 Å². The van der Waals surface area contributed by atoms with Gasteiger partial charge in [-0.1, -0.05) is 29.8 Å². The molecular formula is C22H25ClN4O2. The molecule has 2 heterocycles. The fourth-order valence-corrected chi connectivity index (χ4v) is 4.24. The van der Waals surface area contributed by atoms with Gasteiger partial charge in [0.2, 0.25) is 5.91 Å². The molecule has 2 aliphatic rings. The molecule has 0 N–H and O–H groups in total. The number of fused-ring (bicyclic) bond motifs is 1. The fourth-order valence-electron chi connectivity index (χ4n) is 4.05. The van der Waals surface area contributed by atoms with Crippen LogP contribution in [0.3, 0.4) is 0 Å². The Hall–Kier alpha value is -2.73. The molecule has 0 unspecified atom stereocenters. The van der Waals surface area contributed by atoms with Gasteiger partial charge in [-0.2, -0.15) is 0 Å². The number of anilines is 2. The Labute approximate surface area is 176 Å². The molecule has 0 saturated carbocycles. The molecule has 6 nitrogen and oxygen atoms in total. The minimum atomic E-state index is -0.0658. The molecule has 1 fully saturated rings. The molecule has 0 aromatic heterocycles. The van der Waals surface area contributed by atoms with E-state index in [1.165, 1.54) is 18.2 Å². The summed E-state index contributed by atoms with van der Waals surface area (Å²) in [5.74, 6) is -0.0576. The van der Waals surface area contributed by atoms with Gasteiger partial charge in [-0.15, -0.1) is 0 Å². The molecule has 0 aliphatic carbocycles. The highest BCUT2D eigenvalue weighted by molar-refractivity contribution is 6.30. The minimum Gasteiger partial charge on any atom is -0.368 e. The van der Waals surface area contributed by atoms with E-state index in [0.29, 0.717) is 24.7 Å². The molecule has 152 valence electrons. The Morgan fingerprint density at radius 3 is 2.34 bits per heavy atom. The summed E-state index contributed by atoms with van der Waals surface area (Å²) in [6.45, 7) is 7.23. The molecule has 1 saturated heterocycles. The Morgan fingerprint density at radius 2 is 1.66 bits per heavy atom. The predicted octanol–water partition coefficient (Wildman–Crippen LogP) is 3.72. The number of urea groups is 1. The molecule has 2 aromatic rings. The molecule has 2 aliphatic heterocycles. The second-order valence-corrected chi connectivity index (χ2v) is 8.04. The average molecular weight is 413 g/mol. The van der Waals surface area contributed by atoms with Crippen LogP contribution in [0.15, 0.2) is 42.5 Å². The zero-order valence-corrected chi connectivity index (χ0v) is 17.5. The summed E-state index contributed by atoms with van der Waals surface area (Å²) in [6, 6.07) is 13.8. The number of rotatable bonds is 1. The number of benzene rings is 2. The summed E-state index contributed by atoms with van der Waals surface area (Å²) in [7, 11) is 0. The highest BCUT2D eigenvalue weighted by Gasteiger charge is 2.32. The van der Waals surface area contributed by atoms with Crippen LogP contribution in [0.4, 0.5) is 16.2 Å². The third-order valence-electron chi connectivity index (χ3n) is 5.69. The van der Waals surface area contributed by atoms with Crippen molar-refractivity contribution in [2.45, 2.75) is 20.4 Å². The van der Waals surface area contributed by atoms with Gasteiger partial charge in [0.15, 0.2) is 0 Å². The van der Waals surface area contributed by atoms with Crippen molar-refractivity contribution in [3.8, 4) is 0 Å². The number of carbonyl (C=O) groups is 2. The molecule has 2 aromatic carbocycles. The van der Waals surface area contributed by atoms with Gasteiger partial charge in [0.25, 0.3) is 0 Å². The Balaban J connectivity index is 1.51. The number of nitrogens with zero attached hydrogens (tertiary/aromatic N) is 4. The van der Waals surface area contributed by atoms with Gasteiger partial charge >= 0.3 is 6.03 Å². The Morgan fingerprint density at radius 1 is 0.931 bits per heavy atom. The molecule has 0 atom stereocenters. The van der Waals surface area contributed by atoms with Gasteiger partial charge in [0, 0.05) is 50.4 Å². The van der Waals surface area contributed by atoms with Crippen molar-refractivity contribution in [2.24, 2.45) is 0 Å². The monoisotopic (exact) mass is 412 g/mol. The second kappa shape index (κ2) is 7.95. The van der Waals surface area contributed by atoms with Gasteiger partial charge in [-0.3, -0.25) is 9.69 Å². The van der Waals surface area contributed by atoms with E-state index in [9.17, 15) is 9.59 Å². The summed E-state index contributed by atoms with van der Waals surface area (Å²) in [5.41, 5.74) is 4.19. The zero-order chi connectivity index (χ0) is 20.5. The van der Waals surface area contributed by atoms with E-state index in [2.05, 4.69) is 24.0 Å². The lowest BCUT2D eigenvalue weighted by Gasteiger charge is -2.42. The normalized spacial score (nSPS) is 16.7. The van der Waals surface area contributed by atoms with Crippen LogP contribution in [-0.4, -0.2) is 54.6 Å². The molecular weight excluding hydrogens is 388 g/mol. The van der Waals surface area contributed by atoms with Crippen molar-refractivity contribution in [1.82, 2.24) is 9.80 Å². The molecule has 3 amide bonds. The minimum absolute atomic E-state index is 0.0576. The van der Waals surface area contributed by atoms with Gasteiger partial charge in [-0.25, -0.2) is 4.79 Å². The molecule has 0 spiro atoms. The first-order valence-corrected chi connectivity index (χ1v) is 10.2.